The molecule has 0 radical (unpaired) electrons. The summed E-state index contributed by atoms with van der Waals surface area (Å²) in [5, 5.41) is 3.51. The van der Waals surface area contributed by atoms with Gasteiger partial charge in [-0.2, -0.15) is 0 Å². The molecule has 2 rings (SSSR count). The number of likely N-dealkylation sites (tertiary alicyclic amines) is 1. The quantitative estimate of drug-likeness (QED) is 0.695. The summed E-state index contributed by atoms with van der Waals surface area (Å²) in [5.41, 5.74) is 0. The summed E-state index contributed by atoms with van der Waals surface area (Å²) in [6, 6.07) is 0.815. The Hall–Kier alpha value is -0.0800. The molecule has 0 spiro atoms. The first-order valence-corrected chi connectivity index (χ1v) is 5.82. The van der Waals surface area contributed by atoms with Crippen LogP contribution in [0.2, 0.25) is 0 Å². The van der Waals surface area contributed by atoms with Crippen LogP contribution in [0.25, 0.3) is 0 Å². The largest absolute Gasteiger partial charge is 0.316 e. The second-order valence-electron chi connectivity index (χ2n) is 4.59. The monoisotopic (exact) mass is 182 g/mol. The number of nitrogens with zero attached hydrogens (tertiary/aromatic N) is 1. The van der Waals surface area contributed by atoms with Crippen LogP contribution in [0.15, 0.2) is 0 Å². The number of piperidine rings is 1. The third kappa shape index (κ3) is 2.23. The van der Waals surface area contributed by atoms with E-state index in [1.807, 2.05) is 0 Å². The highest BCUT2D eigenvalue weighted by molar-refractivity contribution is 4.82. The molecule has 2 heterocycles. The van der Waals surface area contributed by atoms with Gasteiger partial charge in [-0.25, -0.2) is 0 Å². The molecular weight excluding hydrogens is 160 g/mol. The van der Waals surface area contributed by atoms with Crippen molar-refractivity contribution in [2.75, 3.05) is 26.2 Å². The molecule has 2 fully saturated rings. The zero-order valence-electron chi connectivity index (χ0n) is 8.76. The van der Waals surface area contributed by atoms with Gasteiger partial charge in [-0.05, 0) is 64.7 Å². The van der Waals surface area contributed by atoms with Crippen LogP contribution in [-0.4, -0.2) is 37.1 Å². The zero-order chi connectivity index (χ0) is 9.10. The highest BCUT2D eigenvalue weighted by Gasteiger charge is 2.26. The number of rotatable bonds is 2. The Morgan fingerprint density at radius 1 is 1.23 bits per heavy atom. The normalized spacial score (nSPS) is 33.5. The molecule has 2 nitrogen and oxygen atoms in total. The second kappa shape index (κ2) is 4.43. The molecule has 2 heteroatoms. The molecule has 0 aromatic heterocycles. The van der Waals surface area contributed by atoms with Gasteiger partial charge in [0, 0.05) is 6.04 Å². The minimum Gasteiger partial charge on any atom is -0.316 e. The van der Waals surface area contributed by atoms with Crippen molar-refractivity contribution in [1.82, 2.24) is 10.2 Å². The summed E-state index contributed by atoms with van der Waals surface area (Å²) < 4.78 is 0. The van der Waals surface area contributed by atoms with Gasteiger partial charge in [0.2, 0.25) is 0 Å². The Kier molecular flexibility index (Phi) is 3.23. The van der Waals surface area contributed by atoms with Crippen LogP contribution in [0.3, 0.4) is 0 Å². The van der Waals surface area contributed by atoms with Crippen molar-refractivity contribution < 1.29 is 0 Å². The summed E-state index contributed by atoms with van der Waals surface area (Å²) in [7, 11) is 0. The predicted octanol–water partition coefficient (Wildman–Crippen LogP) is 1.47. The SMILES string of the molecule is CC(C1CCCNC1)N1CCCC1. The van der Waals surface area contributed by atoms with Crippen LogP contribution in [0.5, 0.6) is 0 Å². The van der Waals surface area contributed by atoms with E-state index in [1.165, 1.54) is 51.9 Å². The first-order chi connectivity index (χ1) is 6.38. The molecule has 0 aromatic rings. The van der Waals surface area contributed by atoms with Gasteiger partial charge in [0.1, 0.15) is 0 Å². The van der Waals surface area contributed by atoms with Gasteiger partial charge < -0.3 is 10.2 Å². The van der Waals surface area contributed by atoms with Gasteiger partial charge >= 0.3 is 0 Å². The van der Waals surface area contributed by atoms with Crippen LogP contribution in [0.1, 0.15) is 32.6 Å². The average molecular weight is 182 g/mol. The highest BCUT2D eigenvalue weighted by Crippen LogP contribution is 2.22. The fraction of sp³-hybridized carbons (Fsp3) is 1.00. The van der Waals surface area contributed by atoms with E-state index >= 15 is 0 Å². The van der Waals surface area contributed by atoms with Gasteiger partial charge in [0.25, 0.3) is 0 Å². The summed E-state index contributed by atoms with van der Waals surface area (Å²) >= 11 is 0. The third-order valence-corrected chi connectivity index (χ3v) is 3.73. The van der Waals surface area contributed by atoms with E-state index < -0.39 is 0 Å². The van der Waals surface area contributed by atoms with Gasteiger partial charge in [-0.3, -0.25) is 0 Å². The van der Waals surface area contributed by atoms with Crippen LogP contribution in [-0.2, 0) is 0 Å². The number of hydrogen-bond donors (Lipinski definition) is 1. The summed E-state index contributed by atoms with van der Waals surface area (Å²) in [4.78, 5) is 2.68. The maximum atomic E-state index is 3.51. The van der Waals surface area contributed by atoms with Gasteiger partial charge in [0.05, 0.1) is 0 Å². The molecule has 2 atom stereocenters. The van der Waals surface area contributed by atoms with Crippen LogP contribution in [0.4, 0.5) is 0 Å². The van der Waals surface area contributed by atoms with Crippen molar-refractivity contribution in [2.24, 2.45) is 5.92 Å². The maximum absolute atomic E-state index is 3.51. The number of hydrogen-bond acceptors (Lipinski definition) is 2. The van der Waals surface area contributed by atoms with E-state index in [1.54, 1.807) is 0 Å². The van der Waals surface area contributed by atoms with E-state index in [4.69, 9.17) is 0 Å². The van der Waals surface area contributed by atoms with Crippen LogP contribution >= 0.6 is 0 Å². The Balaban J connectivity index is 1.83. The van der Waals surface area contributed by atoms with E-state index in [-0.39, 0.29) is 0 Å². The molecule has 0 amide bonds. The minimum absolute atomic E-state index is 0.815. The first kappa shape index (κ1) is 9.47. The summed E-state index contributed by atoms with van der Waals surface area (Å²) in [6.45, 7) is 7.60. The topological polar surface area (TPSA) is 15.3 Å². The fourth-order valence-corrected chi connectivity index (χ4v) is 2.74. The van der Waals surface area contributed by atoms with Gasteiger partial charge in [0.15, 0.2) is 0 Å². The van der Waals surface area contributed by atoms with Crippen LogP contribution in [0, 0.1) is 5.92 Å². The van der Waals surface area contributed by atoms with Crippen molar-refractivity contribution in [3.63, 3.8) is 0 Å². The van der Waals surface area contributed by atoms with E-state index in [0.717, 1.165) is 12.0 Å². The molecule has 13 heavy (non-hydrogen) atoms. The Morgan fingerprint density at radius 2 is 2.00 bits per heavy atom. The molecule has 2 aliphatic rings. The van der Waals surface area contributed by atoms with Crippen molar-refractivity contribution in [2.45, 2.75) is 38.6 Å². The van der Waals surface area contributed by atoms with Gasteiger partial charge in [-0.15, -0.1) is 0 Å². The lowest BCUT2D eigenvalue weighted by atomic mass is 9.92. The predicted molar refractivity (Wildman–Crippen MR) is 55.9 cm³/mol. The van der Waals surface area contributed by atoms with Crippen molar-refractivity contribution in [3.05, 3.63) is 0 Å². The molecule has 2 aliphatic heterocycles. The molecule has 1 N–H and O–H groups in total. The molecular formula is C11H22N2. The molecule has 0 bridgehead atoms. The Labute approximate surface area is 81.7 Å². The molecule has 0 aromatic carbocycles. The van der Waals surface area contributed by atoms with Crippen molar-refractivity contribution >= 4 is 0 Å². The molecule has 0 aliphatic carbocycles. The Morgan fingerprint density at radius 3 is 2.62 bits per heavy atom. The minimum atomic E-state index is 0.815. The fourth-order valence-electron chi connectivity index (χ4n) is 2.74. The summed E-state index contributed by atoms with van der Waals surface area (Å²) in [6.07, 6.45) is 5.66. The van der Waals surface area contributed by atoms with E-state index in [9.17, 15) is 0 Å². The van der Waals surface area contributed by atoms with E-state index in [0.29, 0.717) is 0 Å². The molecule has 0 saturated carbocycles. The second-order valence-corrected chi connectivity index (χ2v) is 4.59. The lowest BCUT2D eigenvalue weighted by Gasteiger charge is -2.34. The lowest BCUT2D eigenvalue weighted by Crippen LogP contribution is -2.43. The zero-order valence-corrected chi connectivity index (χ0v) is 8.76. The van der Waals surface area contributed by atoms with E-state index in [2.05, 4.69) is 17.1 Å². The smallest absolute Gasteiger partial charge is 0.0107 e. The molecule has 2 saturated heterocycles. The Bertz CT molecular complexity index is 146. The third-order valence-electron chi connectivity index (χ3n) is 3.73. The average Bonchev–Trinajstić information content (AvgIpc) is 2.71. The number of nitrogens with one attached hydrogen (secondary N) is 1. The van der Waals surface area contributed by atoms with Gasteiger partial charge in [-0.1, -0.05) is 0 Å². The van der Waals surface area contributed by atoms with Crippen LogP contribution < -0.4 is 5.32 Å². The van der Waals surface area contributed by atoms with Crippen molar-refractivity contribution in [1.29, 1.82) is 0 Å². The molecule has 76 valence electrons. The first-order valence-electron chi connectivity index (χ1n) is 5.82. The lowest BCUT2D eigenvalue weighted by molar-refractivity contribution is 0.165. The standard InChI is InChI=1S/C11H22N2/c1-10(13-7-2-3-8-13)11-5-4-6-12-9-11/h10-12H,2-9H2,1H3. The highest BCUT2D eigenvalue weighted by atomic mass is 15.2. The summed E-state index contributed by atoms with van der Waals surface area (Å²) in [5.74, 6) is 0.909. The maximum Gasteiger partial charge on any atom is 0.0107 e. The van der Waals surface area contributed by atoms with Crippen molar-refractivity contribution in [3.8, 4) is 0 Å². The molecule has 2 unspecified atom stereocenters.